The fourth-order valence-electron chi connectivity index (χ4n) is 2.37. The lowest BCUT2D eigenvalue weighted by atomic mass is 10.2. The number of nitro benzene ring substituents is 1. The standard InChI is InChI=1S/C19H21N3O6/c1-3-27-15-7-4-13(5-8-15)11-21(2)18(23)12-28-19(24)14-6-9-16(20)17(10-14)22(25)26/h4-10H,3,11-12,20H2,1-2H3. The van der Waals surface area contributed by atoms with Crippen LogP contribution in [0.25, 0.3) is 0 Å². The first-order chi connectivity index (χ1) is 13.3. The van der Waals surface area contributed by atoms with E-state index in [1.807, 2.05) is 31.2 Å². The summed E-state index contributed by atoms with van der Waals surface area (Å²) < 4.78 is 10.3. The third-order valence-corrected chi connectivity index (χ3v) is 3.87. The Morgan fingerprint density at radius 2 is 1.86 bits per heavy atom. The number of esters is 1. The quantitative estimate of drug-likeness (QED) is 0.319. The molecule has 0 saturated carbocycles. The predicted octanol–water partition coefficient (Wildman–Crippen LogP) is 2.39. The lowest BCUT2D eigenvalue weighted by Crippen LogP contribution is -2.30. The molecule has 0 unspecified atom stereocenters. The molecule has 148 valence electrons. The average Bonchev–Trinajstić information content (AvgIpc) is 2.67. The molecule has 0 aliphatic carbocycles. The number of nitro groups is 1. The summed E-state index contributed by atoms with van der Waals surface area (Å²) in [6, 6.07) is 10.9. The molecule has 9 heteroatoms. The number of likely N-dealkylation sites (N-methyl/N-ethyl adjacent to an activating group) is 1. The topological polar surface area (TPSA) is 125 Å². The van der Waals surface area contributed by atoms with Crippen LogP contribution in [0.4, 0.5) is 11.4 Å². The van der Waals surface area contributed by atoms with Crippen molar-refractivity contribution in [1.82, 2.24) is 4.90 Å². The fourth-order valence-corrected chi connectivity index (χ4v) is 2.37. The summed E-state index contributed by atoms with van der Waals surface area (Å²) >= 11 is 0. The molecule has 2 aromatic rings. The summed E-state index contributed by atoms with van der Waals surface area (Å²) in [5.41, 5.74) is 5.87. The number of amides is 1. The summed E-state index contributed by atoms with van der Waals surface area (Å²) in [6.45, 7) is 2.31. The number of rotatable bonds is 8. The van der Waals surface area contributed by atoms with E-state index in [1.165, 1.54) is 17.0 Å². The minimum Gasteiger partial charge on any atom is -0.494 e. The molecule has 2 rings (SSSR count). The second-order valence-corrected chi connectivity index (χ2v) is 5.93. The number of nitrogen functional groups attached to an aromatic ring is 1. The Bertz CT molecular complexity index is 866. The van der Waals surface area contributed by atoms with Gasteiger partial charge in [-0.2, -0.15) is 0 Å². The van der Waals surface area contributed by atoms with Gasteiger partial charge in [0, 0.05) is 19.7 Å². The molecule has 0 bridgehead atoms. The van der Waals surface area contributed by atoms with Crippen LogP contribution in [0.5, 0.6) is 5.75 Å². The number of carbonyl (C=O) groups excluding carboxylic acids is 2. The van der Waals surface area contributed by atoms with Crippen molar-refractivity contribution in [3.8, 4) is 5.75 Å². The maximum absolute atomic E-state index is 12.2. The van der Waals surface area contributed by atoms with Gasteiger partial charge in [-0.25, -0.2) is 4.79 Å². The van der Waals surface area contributed by atoms with Crippen LogP contribution in [0.15, 0.2) is 42.5 Å². The van der Waals surface area contributed by atoms with Gasteiger partial charge >= 0.3 is 5.97 Å². The molecule has 2 N–H and O–H groups in total. The van der Waals surface area contributed by atoms with Gasteiger partial charge in [0.05, 0.1) is 17.1 Å². The van der Waals surface area contributed by atoms with Gasteiger partial charge in [0.1, 0.15) is 11.4 Å². The summed E-state index contributed by atoms with van der Waals surface area (Å²) in [5, 5.41) is 10.9. The molecule has 0 fully saturated rings. The molecule has 0 atom stereocenters. The van der Waals surface area contributed by atoms with E-state index >= 15 is 0 Å². The summed E-state index contributed by atoms with van der Waals surface area (Å²) in [6.07, 6.45) is 0. The minimum absolute atomic E-state index is 0.0529. The number of hydrogen-bond acceptors (Lipinski definition) is 7. The zero-order chi connectivity index (χ0) is 20.7. The highest BCUT2D eigenvalue weighted by Gasteiger charge is 2.18. The maximum atomic E-state index is 12.2. The van der Waals surface area contributed by atoms with Crippen molar-refractivity contribution in [2.24, 2.45) is 0 Å². The Morgan fingerprint density at radius 3 is 2.46 bits per heavy atom. The lowest BCUT2D eigenvalue weighted by molar-refractivity contribution is -0.383. The molecule has 2 aromatic carbocycles. The third-order valence-electron chi connectivity index (χ3n) is 3.87. The number of nitrogens with two attached hydrogens (primary N) is 1. The van der Waals surface area contributed by atoms with E-state index in [-0.39, 0.29) is 11.3 Å². The van der Waals surface area contributed by atoms with Crippen molar-refractivity contribution < 1.29 is 24.0 Å². The van der Waals surface area contributed by atoms with E-state index in [1.54, 1.807) is 7.05 Å². The van der Waals surface area contributed by atoms with Crippen molar-refractivity contribution >= 4 is 23.3 Å². The van der Waals surface area contributed by atoms with Gasteiger partial charge in [-0.1, -0.05) is 12.1 Å². The molecule has 0 aliphatic rings. The van der Waals surface area contributed by atoms with Gasteiger partial charge in [0.15, 0.2) is 6.61 Å². The highest BCUT2D eigenvalue weighted by atomic mass is 16.6. The van der Waals surface area contributed by atoms with Crippen molar-refractivity contribution in [2.75, 3.05) is 26.0 Å². The third kappa shape index (κ3) is 5.44. The molecule has 0 aromatic heterocycles. The van der Waals surface area contributed by atoms with Crippen LogP contribution in [0.1, 0.15) is 22.8 Å². The largest absolute Gasteiger partial charge is 0.494 e. The Balaban J connectivity index is 1.91. The monoisotopic (exact) mass is 387 g/mol. The highest BCUT2D eigenvalue weighted by molar-refractivity contribution is 5.92. The van der Waals surface area contributed by atoms with Crippen LogP contribution in [0.2, 0.25) is 0 Å². The van der Waals surface area contributed by atoms with E-state index < -0.39 is 29.1 Å². The summed E-state index contributed by atoms with van der Waals surface area (Å²) in [5.74, 6) is -0.509. The fraction of sp³-hybridized carbons (Fsp3) is 0.263. The van der Waals surface area contributed by atoms with Crippen molar-refractivity contribution in [3.05, 3.63) is 63.7 Å². The van der Waals surface area contributed by atoms with Crippen LogP contribution in [-0.2, 0) is 16.1 Å². The molecular weight excluding hydrogens is 366 g/mol. The molecule has 9 nitrogen and oxygen atoms in total. The normalized spacial score (nSPS) is 10.2. The highest BCUT2D eigenvalue weighted by Crippen LogP contribution is 2.22. The van der Waals surface area contributed by atoms with E-state index in [9.17, 15) is 19.7 Å². The zero-order valence-corrected chi connectivity index (χ0v) is 15.6. The van der Waals surface area contributed by atoms with E-state index in [4.69, 9.17) is 15.2 Å². The zero-order valence-electron chi connectivity index (χ0n) is 15.6. The van der Waals surface area contributed by atoms with Gasteiger partial charge in [-0.3, -0.25) is 14.9 Å². The van der Waals surface area contributed by atoms with Gasteiger partial charge in [-0.15, -0.1) is 0 Å². The summed E-state index contributed by atoms with van der Waals surface area (Å²) in [4.78, 5) is 35.8. The Hall–Kier alpha value is -3.62. The van der Waals surface area contributed by atoms with Crippen LogP contribution >= 0.6 is 0 Å². The number of benzene rings is 2. The summed E-state index contributed by atoms with van der Waals surface area (Å²) in [7, 11) is 1.58. The number of nitrogens with zero attached hydrogens (tertiary/aromatic N) is 2. The van der Waals surface area contributed by atoms with Crippen LogP contribution < -0.4 is 10.5 Å². The molecule has 28 heavy (non-hydrogen) atoms. The first kappa shape index (κ1) is 20.7. The molecule has 1 amide bonds. The van der Waals surface area contributed by atoms with E-state index in [2.05, 4.69) is 0 Å². The molecular formula is C19H21N3O6. The second kappa shape index (κ2) is 9.36. The average molecular weight is 387 g/mol. The van der Waals surface area contributed by atoms with Crippen molar-refractivity contribution in [1.29, 1.82) is 0 Å². The molecule has 0 saturated heterocycles. The molecule has 0 heterocycles. The SMILES string of the molecule is CCOc1ccc(CN(C)C(=O)COC(=O)c2ccc(N)c([N+](=O)[O-])c2)cc1. The number of ether oxygens (including phenoxy) is 2. The minimum atomic E-state index is -0.842. The van der Waals surface area contributed by atoms with E-state index in [0.29, 0.717) is 13.2 Å². The predicted molar refractivity (Wildman–Crippen MR) is 102 cm³/mol. The smallest absolute Gasteiger partial charge is 0.338 e. The van der Waals surface area contributed by atoms with Crippen molar-refractivity contribution in [3.63, 3.8) is 0 Å². The van der Waals surface area contributed by atoms with Gasteiger partial charge in [0.25, 0.3) is 11.6 Å². The Morgan fingerprint density at radius 1 is 1.18 bits per heavy atom. The van der Waals surface area contributed by atoms with Crippen LogP contribution in [0.3, 0.4) is 0 Å². The number of carbonyl (C=O) groups is 2. The van der Waals surface area contributed by atoms with E-state index in [0.717, 1.165) is 17.4 Å². The van der Waals surface area contributed by atoms with Gasteiger partial charge in [-0.05, 0) is 36.8 Å². The molecule has 0 radical (unpaired) electrons. The Kier molecular flexibility index (Phi) is 6.91. The van der Waals surface area contributed by atoms with Gasteiger partial charge in [0.2, 0.25) is 0 Å². The first-order valence-corrected chi connectivity index (χ1v) is 8.48. The van der Waals surface area contributed by atoms with Crippen LogP contribution in [-0.4, -0.2) is 42.0 Å². The second-order valence-electron chi connectivity index (χ2n) is 5.93. The molecule has 0 aliphatic heterocycles. The number of anilines is 1. The molecule has 0 spiro atoms. The van der Waals surface area contributed by atoms with Crippen molar-refractivity contribution in [2.45, 2.75) is 13.5 Å². The lowest BCUT2D eigenvalue weighted by Gasteiger charge is -2.17. The van der Waals surface area contributed by atoms with Gasteiger partial charge < -0.3 is 20.1 Å². The first-order valence-electron chi connectivity index (χ1n) is 8.48. The maximum Gasteiger partial charge on any atom is 0.338 e. The Labute approximate surface area is 161 Å². The number of hydrogen-bond donors (Lipinski definition) is 1. The van der Waals surface area contributed by atoms with Crippen LogP contribution in [0, 0.1) is 10.1 Å².